The summed E-state index contributed by atoms with van der Waals surface area (Å²) in [6.07, 6.45) is 6.93. The second kappa shape index (κ2) is 3.18. The van der Waals surface area contributed by atoms with Gasteiger partial charge in [-0.25, -0.2) is 0 Å². The third-order valence-electron chi connectivity index (χ3n) is 5.33. The maximum atomic E-state index is 6.00. The first-order chi connectivity index (χ1) is 8.22. The van der Waals surface area contributed by atoms with Crippen LogP contribution in [0.15, 0.2) is 4.52 Å². The topological polar surface area (TPSA) is 78.1 Å². The molecule has 17 heavy (non-hydrogen) atoms. The Morgan fingerprint density at radius 1 is 0.941 bits per heavy atom. The fourth-order valence-electron chi connectivity index (χ4n) is 4.94. The zero-order valence-corrected chi connectivity index (χ0v) is 9.93. The summed E-state index contributed by atoms with van der Waals surface area (Å²) in [5.74, 6) is 4.31. The molecule has 1 aromatic heterocycles. The Morgan fingerprint density at radius 3 is 2.00 bits per heavy atom. The summed E-state index contributed by atoms with van der Waals surface area (Å²) in [5.41, 5.74) is 13.2. The van der Waals surface area contributed by atoms with Gasteiger partial charge in [-0.2, -0.15) is 0 Å². The zero-order valence-electron chi connectivity index (χ0n) is 9.93. The van der Waals surface area contributed by atoms with Gasteiger partial charge >= 0.3 is 0 Å². The molecule has 0 aliphatic heterocycles. The molecule has 4 nitrogen and oxygen atoms in total. The second-order valence-electron chi connectivity index (χ2n) is 6.30. The average molecular weight is 233 g/mol. The zero-order chi connectivity index (χ0) is 11.6. The minimum Gasteiger partial charge on any atom is -0.393 e. The SMILES string of the molecule is Nc1onc(C2C3CC4CC(C3)CC2C4)c1N. The minimum atomic E-state index is 0.300. The van der Waals surface area contributed by atoms with E-state index in [1.54, 1.807) is 0 Å². The first-order valence-electron chi connectivity index (χ1n) is 6.73. The molecule has 1 heterocycles. The third-order valence-corrected chi connectivity index (χ3v) is 5.33. The molecule has 0 atom stereocenters. The highest BCUT2D eigenvalue weighted by molar-refractivity contribution is 5.60. The predicted molar refractivity (Wildman–Crippen MR) is 65.1 cm³/mol. The fraction of sp³-hybridized carbons (Fsp3) is 0.769. The van der Waals surface area contributed by atoms with Gasteiger partial charge in [-0.3, -0.25) is 0 Å². The highest BCUT2D eigenvalue weighted by atomic mass is 16.5. The number of anilines is 2. The lowest BCUT2D eigenvalue weighted by molar-refractivity contribution is -0.00482. The van der Waals surface area contributed by atoms with E-state index in [9.17, 15) is 0 Å². The molecule has 4 aliphatic rings. The standard InChI is InChI=1S/C13H19N3O/c14-11-12(16-17-13(11)15)10-8-2-6-1-7(4-8)5-9(10)3-6/h6-10H,1-5,14-15H2. The van der Waals surface area contributed by atoms with Gasteiger partial charge in [0.05, 0.1) is 0 Å². The smallest absolute Gasteiger partial charge is 0.245 e. The maximum Gasteiger partial charge on any atom is 0.245 e. The van der Waals surface area contributed by atoms with E-state index < -0.39 is 0 Å². The lowest BCUT2D eigenvalue weighted by Gasteiger charge is -2.53. The van der Waals surface area contributed by atoms with E-state index in [2.05, 4.69) is 5.16 Å². The van der Waals surface area contributed by atoms with Crippen LogP contribution in [-0.2, 0) is 0 Å². The van der Waals surface area contributed by atoms with Crippen molar-refractivity contribution in [2.45, 2.75) is 38.0 Å². The van der Waals surface area contributed by atoms with E-state index in [0.717, 1.165) is 29.4 Å². The van der Waals surface area contributed by atoms with Gasteiger partial charge in [-0.15, -0.1) is 0 Å². The monoisotopic (exact) mass is 233 g/mol. The van der Waals surface area contributed by atoms with E-state index in [0.29, 0.717) is 17.5 Å². The maximum absolute atomic E-state index is 6.00. The van der Waals surface area contributed by atoms with Gasteiger partial charge in [0.2, 0.25) is 5.88 Å². The number of hydrogen-bond acceptors (Lipinski definition) is 4. The highest BCUT2D eigenvalue weighted by Gasteiger charge is 2.50. The van der Waals surface area contributed by atoms with Crippen LogP contribution >= 0.6 is 0 Å². The largest absolute Gasteiger partial charge is 0.393 e. The van der Waals surface area contributed by atoms with Crippen molar-refractivity contribution in [1.29, 1.82) is 0 Å². The van der Waals surface area contributed by atoms with Gasteiger partial charge in [-0.05, 0) is 55.8 Å². The molecule has 4 aliphatic carbocycles. The van der Waals surface area contributed by atoms with Crippen molar-refractivity contribution < 1.29 is 4.52 Å². The lowest BCUT2D eigenvalue weighted by atomic mass is 9.51. The van der Waals surface area contributed by atoms with Crippen molar-refractivity contribution in [2.75, 3.05) is 11.5 Å². The van der Waals surface area contributed by atoms with Crippen LogP contribution in [0.5, 0.6) is 0 Å². The molecule has 5 rings (SSSR count). The van der Waals surface area contributed by atoms with Crippen LogP contribution in [0.25, 0.3) is 0 Å². The summed E-state index contributed by atoms with van der Waals surface area (Å²) in [6.45, 7) is 0. The molecule has 4 N–H and O–H groups in total. The Balaban J connectivity index is 1.73. The summed E-state index contributed by atoms with van der Waals surface area (Å²) in [4.78, 5) is 0. The minimum absolute atomic E-state index is 0.300. The number of hydrogen-bond donors (Lipinski definition) is 2. The number of rotatable bonds is 1. The first kappa shape index (κ1) is 9.80. The van der Waals surface area contributed by atoms with Crippen LogP contribution in [-0.4, -0.2) is 5.16 Å². The van der Waals surface area contributed by atoms with E-state index in [1.165, 1.54) is 32.1 Å². The Kier molecular flexibility index (Phi) is 1.83. The first-order valence-corrected chi connectivity index (χ1v) is 6.73. The molecule has 4 bridgehead atoms. The van der Waals surface area contributed by atoms with Crippen LogP contribution in [0.3, 0.4) is 0 Å². The Morgan fingerprint density at radius 2 is 1.53 bits per heavy atom. The fourth-order valence-corrected chi connectivity index (χ4v) is 4.94. The van der Waals surface area contributed by atoms with Gasteiger partial charge < -0.3 is 16.0 Å². The molecule has 0 spiro atoms. The van der Waals surface area contributed by atoms with Crippen LogP contribution < -0.4 is 11.5 Å². The van der Waals surface area contributed by atoms with Crippen LogP contribution in [0, 0.1) is 23.7 Å². The number of nitrogen functional groups attached to an aromatic ring is 2. The molecular formula is C13H19N3O. The Hall–Kier alpha value is -1.19. The second-order valence-corrected chi connectivity index (χ2v) is 6.30. The third kappa shape index (κ3) is 1.27. The molecule has 0 unspecified atom stereocenters. The van der Waals surface area contributed by atoms with E-state index >= 15 is 0 Å². The molecule has 4 fully saturated rings. The number of aromatic nitrogens is 1. The van der Waals surface area contributed by atoms with Gasteiger partial charge in [0.25, 0.3) is 0 Å². The van der Waals surface area contributed by atoms with E-state index in [1.807, 2.05) is 0 Å². The molecule has 0 saturated heterocycles. The summed E-state index contributed by atoms with van der Waals surface area (Å²) in [7, 11) is 0. The van der Waals surface area contributed by atoms with Crippen molar-refractivity contribution in [3.8, 4) is 0 Å². The molecule has 0 radical (unpaired) electrons. The quantitative estimate of drug-likeness (QED) is 0.780. The normalized spacial score (nSPS) is 43.2. The number of nitrogens with zero attached hydrogens (tertiary/aromatic N) is 1. The van der Waals surface area contributed by atoms with Crippen molar-refractivity contribution in [3.05, 3.63) is 5.69 Å². The molecule has 4 saturated carbocycles. The molecule has 4 heteroatoms. The van der Waals surface area contributed by atoms with E-state index in [-0.39, 0.29) is 0 Å². The molecule has 0 amide bonds. The molecule has 0 aromatic carbocycles. The summed E-state index contributed by atoms with van der Waals surface area (Å²) >= 11 is 0. The van der Waals surface area contributed by atoms with Gasteiger partial charge in [-0.1, -0.05) is 5.16 Å². The van der Waals surface area contributed by atoms with Gasteiger partial charge in [0.1, 0.15) is 11.4 Å². The van der Waals surface area contributed by atoms with Crippen molar-refractivity contribution >= 4 is 11.6 Å². The Labute approximate surface area is 101 Å². The van der Waals surface area contributed by atoms with Gasteiger partial charge in [0.15, 0.2) is 0 Å². The van der Waals surface area contributed by atoms with Crippen molar-refractivity contribution in [1.82, 2.24) is 5.16 Å². The summed E-state index contributed by atoms with van der Waals surface area (Å²) < 4.78 is 5.05. The van der Waals surface area contributed by atoms with Crippen molar-refractivity contribution in [2.24, 2.45) is 23.7 Å². The van der Waals surface area contributed by atoms with Crippen LogP contribution in [0.2, 0.25) is 0 Å². The van der Waals surface area contributed by atoms with E-state index in [4.69, 9.17) is 16.0 Å². The van der Waals surface area contributed by atoms with Crippen LogP contribution in [0.4, 0.5) is 11.6 Å². The average Bonchev–Trinajstić information content (AvgIpc) is 2.60. The summed E-state index contributed by atoms with van der Waals surface area (Å²) in [5, 5.41) is 4.14. The Bertz CT molecular complexity index is 426. The summed E-state index contributed by atoms with van der Waals surface area (Å²) in [6, 6.07) is 0. The van der Waals surface area contributed by atoms with Gasteiger partial charge in [0, 0.05) is 5.92 Å². The molecule has 1 aromatic rings. The predicted octanol–water partition coefficient (Wildman–Crippen LogP) is 2.38. The highest BCUT2D eigenvalue weighted by Crippen LogP contribution is 2.60. The van der Waals surface area contributed by atoms with Crippen LogP contribution in [0.1, 0.15) is 43.7 Å². The number of nitrogens with two attached hydrogens (primary N) is 2. The molecular weight excluding hydrogens is 214 g/mol. The lowest BCUT2D eigenvalue weighted by Crippen LogP contribution is -2.44. The van der Waals surface area contributed by atoms with Crippen molar-refractivity contribution in [3.63, 3.8) is 0 Å². The molecule has 92 valence electrons.